The van der Waals surface area contributed by atoms with Crippen LogP contribution >= 0.6 is 11.6 Å². The van der Waals surface area contributed by atoms with Crippen molar-refractivity contribution in [1.82, 2.24) is 0 Å². The molecule has 0 aliphatic heterocycles. The van der Waals surface area contributed by atoms with Gasteiger partial charge in [0.1, 0.15) is 5.76 Å². The molecule has 1 amide bonds. The summed E-state index contributed by atoms with van der Waals surface area (Å²) in [6.45, 7) is 0. The molecule has 0 aliphatic carbocycles. The lowest BCUT2D eigenvalue weighted by molar-refractivity contribution is -0.111. The second kappa shape index (κ2) is 6.30. The van der Waals surface area contributed by atoms with Gasteiger partial charge in [-0.25, -0.2) is 0 Å². The van der Waals surface area contributed by atoms with Crippen molar-refractivity contribution < 1.29 is 9.21 Å². The molecule has 0 saturated heterocycles. The quantitative estimate of drug-likeness (QED) is 0.874. The van der Waals surface area contributed by atoms with Gasteiger partial charge < -0.3 is 14.6 Å². The van der Waals surface area contributed by atoms with E-state index in [1.807, 2.05) is 25.1 Å². The van der Waals surface area contributed by atoms with Crippen molar-refractivity contribution in [2.45, 2.75) is 0 Å². The molecule has 0 atom stereocenters. The zero-order chi connectivity index (χ0) is 14.5. The molecule has 104 valence electrons. The van der Waals surface area contributed by atoms with Gasteiger partial charge in [0, 0.05) is 25.2 Å². The van der Waals surface area contributed by atoms with Crippen molar-refractivity contribution in [3.05, 3.63) is 53.5 Å². The van der Waals surface area contributed by atoms with Crippen LogP contribution < -0.4 is 10.2 Å². The van der Waals surface area contributed by atoms with Crippen LogP contribution in [0.2, 0.25) is 5.02 Å². The SMILES string of the molecule is CN(C)c1ccc(Cl)cc1NC(=O)/C=C/c1ccco1. The van der Waals surface area contributed by atoms with Gasteiger partial charge in [0.2, 0.25) is 5.91 Å². The molecule has 0 bridgehead atoms. The average Bonchev–Trinajstić information content (AvgIpc) is 2.89. The molecular weight excluding hydrogens is 276 g/mol. The van der Waals surface area contributed by atoms with Crippen LogP contribution in [-0.4, -0.2) is 20.0 Å². The fourth-order valence-electron chi connectivity index (χ4n) is 1.72. The Bertz CT molecular complexity index is 619. The number of carbonyl (C=O) groups is 1. The number of amides is 1. The lowest BCUT2D eigenvalue weighted by atomic mass is 10.2. The summed E-state index contributed by atoms with van der Waals surface area (Å²) in [7, 11) is 3.80. The zero-order valence-corrected chi connectivity index (χ0v) is 12.0. The number of benzene rings is 1. The molecule has 5 heteroatoms. The predicted octanol–water partition coefficient (Wildman–Crippen LogP) is 3.65. The number of carbonyl (C=O) groups excluding carboxylic acids is 1. The van der Waals surface area contributed by atoms with Crippen LogP contribution in [0.4, 0.5) is 11.4 Å². The van der Waals surface area contributed by atoms with E-state index in [0.29, 0.717) is 16.5 Å². The molecular formula is C15H15ClN2O2. The van der Waals surface area contributed by atoms with E-state index in [1.165, 1.54) is 6.08 Å². The lowest BCUT2D eigenvalue weighted by Gasteiger charge is -2.17. The van der Waals surface area contributed by atoms with Crippen molar-refractivity contribution >= 4 is 35.0 Å². The second-order valence-corrected chi connectivity index (χ2v) is 4.83. The predicted molar refractivity (Wildman–Crippen MR) is 82.2 cm³/mol. The third-order valence-electron chi connectivity index (χ3n) is 2.64. The number of hydrogen-bond donors (Lipinski definition) is 1. The number of anilines is 2. The van der Waals surface area contributed by atoms with Crippen LogP contribution in [-0.2, 0) is 4.79 Å². The highest BCUT2D eigenvalue weighted by molar-refractivity contribution is 6.31. The molecule has 1 heterocycles. The number of rotatable bonds is 4. The van der Waals surface area contributed by atoms with Crippen molar-refractivity contribution in [3.8, 4) is 0 Å². The lowest BCUT2D eigenvalue weighted by Crippen LogP contribution is -2.15. The Hall–Kier alpha value is -2.20. The molecule has 0 radical (unpaired) electrons. The Morgan fingerprint density at radius 2 is 2.15 bits per heavy atom. The molecule has 1 N–H and O–H groups in total. The third kappa shape index (κ3) is 3.65. The minimum atomic E-state index is -0.244. The van der Waals surface area contributed by atoms with Crippen molar-refractivity contribution in [3.63, 3.8) is 0 Å². The molecule has 4 nitrogen and oxygen atoms in total. The maximum absolute atomic E-state index is 11.9. The highest BCUT2D eigenvalue weighted by Gasteiger charge is 2.07. The monoisotopic (exact) mass is 290 g/mol. The summed E-state index contributed by atoms with van der Waals surface area (Å²) in [5.41, 5.74) is 1.55. The van der Waals surface area contributed by atoms with Crippen molar-refractivity contribution in [2.24, 2.45) is 0 Å². The first-order valence-corrected chi connectivity index (χ1v) is 6.43. The van der Waals surface area contributed by atoms with Crippen molar-refractivity contribution in [2.75, 3.05) is 24.3 Å². The Kier molecular flexibility index (Phi) is 4.48. The van der Waals surface area contributed by atoms with Gasteiger partial charge in [-0.3, -0.25) is 4.79 Å². The minimum absolute atomic E-state index is 0.244. The van der Waals surface area contributed by atoms with Gasteiger partial charge in [0.05, 0.1) is 17.6 Å². The second-order valence-electron chi connectivity index (χ2n) is 4.39. The number of nitrogens with zero attached hydrogens (tertiary/aromatic N) is 1. The van der Waals surface area contributed by atoms with Crippen LogP contribution in [0, 0.1) is 0 Å². The summed E-state index contributed by atoms with van der Waals surface area (Å²) in [6.07, 6.45) is 4.58. The maximum atomic E-state index is 11.9. The van der Waals surface area contributed by atoms with Gasteiger partial charge >= 0.3 is 0 Å². The van der Waals surface area contributed by atoms with E-state index in [9.17, 15) is 4.79 Å². The minimum Gasteiger partial charge on any atom is -0.465 e. The Morgan fingerprint density at radius 3 is 2.80 bits per heavy atom. The van der Waals surface area contributed by atoms with Crippen LogP contribution in [0.3, 0.4) is 0 Å². The smallest absolute Gasteiger partial charge is 0.248 e. The normalized spacial score (nSPS) is 10.8. The average molecular weight is 291 g/mol. The Labute approximate surface area is 122 Å². The van der Waals surface area contributed by atoms with E-state index in [1.54, 1.807) is 36.6 Å². The summed E-state index contributed by atoms with van der Waals surface area (Å²) in [4.78, 5) is 13.8. The Morgan fingerprint density at radius 1 is 1.35 bits per heavy atom. The molecule has 1 aromatic carbocycles. The van der Waals surface area contributed by atoms with Gasteiger partial charge in [-0.1, -0.05) is 11.6 Å². The fraction of sp³-hybridized carbons (Fsp3) is 0.133. The first-order chi connectivity index (χ1) is 9.56. The summed E-state index contributed by atoms with van der Waals surface area (Å²) >= 11 is 5.96. The van der Waals surface area contributed by atoms with Gasteiger partial charge in [0.25, 0.3) is 0 Å². The molecule has 0 saturated carbocycles. The standard InChI is InChI=1S/C15H15ClN2O2/c1-18(2)14-7-5-11(16)10-13(14)17-15(19)8-6-12-4-3-9-20-12/h3-10H,1-2H3,(H,17,19)/b8-6+. The van der Waals surface area contributed by atoms with Gasteiger partial charge in [-0.2, -0.15) is 0 Å². The first-order valence-electron chi connectivity index (χ1n) is 6.06. The number of furan rings is 1. The van der Waals surface area contributed by atoms with Gasteiger partial charge in [-0.05, 0) is 36.4 Å². The number of nitrogens with one attached hydrogen (secondary N) is 1. The number of halogens is 1. The van der Waals surface area contributed by atoms with E-state index in [-0.39, 0.29) is 5.91 Å². The molecule has 0 aliphatic rings. The molecule has 20 heavy (non-hydrogen) atoms. The topological polar surface area (TPSA) is 45.5 Å². The maximum Gasteiger partial charge on any atom is 0.248 e. The molecule has 0 fully saturated rings. The van der Waals surface area contributed by atoms with Crippen LogP contribution in [0.25, 0.3) is 6.08 Å². The Balaban J connectivity index is 2.13. The molecule has 0 spiro atoms. The third-order valence-corrected chi connectivity index (χ3v) is 2.88. The van der Waals surface area contributed by atoms with Crippen LogP contribution in [0.1, 0.15) is 5.76 Å². The van der Waals surface area contributed by atoms with Crippen LogP contribution in [0.5, 0.6) is 0 Å². The highest BCUT2D eigenvalue weighted by atomic mass is 35.5. The molecule has 0 unspecified atom stereocenters. The molecule has 1 aromatic heterocycles. The van der Waals surface area contributed by atoms with E-state index < -0.39 is 0 Å². The van der Waals surface area contributed by atoms with Crippen LogP contribution in [0.15, 0.2) is 47.1 Å². The summed E-state index contributed by atoms with van der Waals surface area (Å²) in [5.74, 6) is 0.380. The summed E-state index contributed by atoms with van der Waals surface area (Å²) in [5, 5.41) is 3.37. The van der Waals surface area contributed by atoms with E-state index in [4.69, 9.17) is 16.0 Å². The highest BCUT2D eigenvalue weighted by Crippen LogP contribution is 2.27. The molecule has 2 rings (SSSR count). The fourth-order valence-corrected chi connectivity index (χ4v) is 1.89. The van der Waals surface area contributed by atoms with E-state index in [2.05, 4.69) is 5.32 Å². The van der Waals surface area contributed by atoms with Gasteiger partial charge in [0.15, 0.2) is 0 Å². The largest absolute Gasteiger partial charge is 0.465 e. The summed E-state index contributed by atoms with van der Waals surface area (Å²) < 4.78 is 5.12. The molecule has 2 aromatic rings. The van der Waals surface area contributed by atoms with E-state index in [0.717, 1.165) is 5.69 Å². The van der Waals surface area contributed by atoms with Crippen molar-refractivity contribution in [1.29, 1.82) is 0 Å². The first kappa shape index (κ1) is 14.2. The number of hydrogen-bond acceptors (Lipinski definition) is 3. The van der Waals surface area contributed by atoms with E-state index >= 15 is 0 Å². The van der Waals surface area contributed by atoms with Gasteiger partial charge in [-0.15, -0.1) is 0 Å². The zero-order valence-electron chi connectivity index (χ0n) is 11.3. The summed E-state index contributed by atoms with van der Waals surface area (Å²) in [6, 6.07) is 8.89.